The van der Waals surface area contributed by atoms with Crippen LogP contribution in [0.1, 0.15) is 49.7 Å². The van der Waals surface area contributed by atoms with Crippen LogP contribution in [0, 0.1) is 5.92 Å². The van der Waals surface area contributed by atoms with Crippen molar-refractivity contribution in [1.29, 1.82) is 0 Å². The van der Waals surface area contributed by atoms with Gasteiger partial charge >= 0.3 is 0 Å². The lowest BCUT2D eigenvalue weighted by atomic mass is 10.1. The fourth-order valence-electron chi connectivity index (χ4n) is 2.52. The number of hydrogen-bond donors (Lipinski definition) is 3. The van der Waals surface area contributed by atoms with E-state index in [4.69, 9.17) is 4.42 Å². The molecular weight excluding hydrogens is 340 g/mol. The third-order valence-corrected chi connectivity index (χ3v) is 3.97. The van der Waals surface area contributed by atoms with E-state index in [9.17, 15) is 4.79 Å². The van der Waals surface area contributed by atoms with Crippen molar-refractivity contribution in [2.45, 2.75) is 40.2 Å². The van der Waals surface area contributed by atoms with Gasteiger partial charge in [0.1, 0.15) is 0 Å². The maximum atomic E-state index is 12.0. The van der Waals surface area contributed by atoms with Crippen molar-refractivity contribution in [3.05, 3.63) is 54.0 Å². The summed E-state index contributed by atoms with van der Waals surface area (Å²) in [6, 6.07) is 11.0. The van der Waals surface area contributed by atoms with Gasteiger partial charge < -0.3 is 20.4 Å². The van der Waals surface area contributed by atoms with Crippen LogP contribution in [0.25, 0.3) is 0 Å². The van der Waals surface area contributed by atoms with Gasteiger partial charge in [0.2, 0.25) is 0 Å². The number of nitrogens with zero attached hydrogens (tertiary/aromatic N) is 1. The third kappa shape index (κ3) is 7.56. The van der Waals surface area contributed by atoms with E-state index in [0.717, 1.165) is 42.6 Å². The highest BCUT2D eigenvalue weighted by atomic mass is 16.3. The molecule has 27 heavy (non-hydrogen) atoms. The number of rotatable bonds is 9. The summed E-state index contributed by atoms with van der Waals surface area (Å²) >= 11 is 0. The minimum Gasteiger partial charge on any atom is -0.459 e. The summed E-state index contributed by atoms with van der Waals surface area (Å²) < 4.78 is 5.09. The first-order valence-corrected chi connectivity index (χ1v) is 9.54. The fourth-order valence-corrected chi connectivity index (χ4v) is 2.52. The van der Waals surface area contributed by atoms with Crippen molar-refractivity contribution >= 4 is 17.6 Å². The number of anilines is 1. The second-order valence-corrected chi connectivity index (χ2v) is 6.79. The monoisotopic (exact) mass is 370 g/mol. The largest absolute Gasteiger partial charge is 0.459 e. The first-order chi connectivity index (χ1) is 13.1. The number of carbonyl (C=O) groups excluding carboxylic acids is 1. The van der Waals surface area contributed by atoms with E-state index in [1.165, 1.54) is 12.7 Å². The van der Waals surface area contributed by atoms with Crippen LogP contribution in [0.4, 0.5) is 5.69 Å². The Morgan fingerprint density at radius 2 is 1.93 bits per heavy atom. The lowest BCUT2D eigenvalue weighted by Crippen LogP contribution is -2.37. The lowest BCUT2D eigenvalue weighted by Gasteiger charge is -2.12. The fraction of sp³-hybridized carbons (Fsp3) is 0.429. The minimum absolute atomic E-state index is 0.259. The Bertz CT molecular complexity index is 706. The van der Waals surface area contributed by atoms with Crippen molar-refractivity contribution in [2.75, 3.05) is 18.4 Å². The van der Waals surface area contributed by atoms with Crippen LogP contribution in [0.3, 0.4) is 0 Å². The quantitative estimate of drug-likeness (QED) is 0.354. The van der Waals surface area contributed by atoms with Gasteiger partial charge in [-0.1, -0.05) is 26.0 Å². The van der Waals surface area contributed by atoms with Gasteiger partial charge in [-0.15, -0.1) is 0 Å². The van der Waals surface area contributed by atoms with E-state index in [-0.39, 0.29) is 5.91 Å². The first-order valence-electron chi connectivity index (χ1n) is 9.54. The maximum Gasteiger partial charge on any atom is 0.291 e. The van der Waals surface area contributed by atoms with Crippen LogP contribution < -0.4 is 16.0 Å². The molecule has 6 nitrogen and oxygen atoms in total. The highest BCUT2D eigenvalue weighted by Crippen LogP contribution is 2.12. The summed E-state index contributed by atoms with van der Waals surface area (Å²) in [6.07, 6.45) is 3.82. The lowest BCUT2D eigenvalue weighted by molar-refractivity contribution is 0.0996. The molecule has 1 aromatic heterocycles. The summed E-state index contributed by atoms with van der Waals surface area (Å²) in [5, 5.41) is 9.44. The molecule has 1 aromatic carbocycles. The molecule has 0 aliphatic carbocycles. The van der Waals surface area contributed by atoms with Crippen LogP contribution >= 0.6 is 0 Å². The summed E-state index contributed by atoms with van der Waals surface area (Å²) in [5.41, 5.74) is 1.80. The molecule has 0 atom stereocenters. The second-order valence-electron chi connectivity index (χ2n) is 6.79. The molecule has 1 heterocycles. The van der Waals surface area contributed by atoms with Gasteiger partial charge in [-0.2, -0.15) is 0 Å². The van der Waals surface area contributed by atoms with E-state index in [1.807, 2.05) is 24.3 Å². The average Bonchev–Trinajstić information content (AvgIpc) is 3.19. The predicted octanol–water partition coefficient (Wildman–Crippen LogP) is 4.02. The Morgan fingerprint density at radius 1 is 1.15 bits per heavy atom. The van der Waals surface area contributed by atoms with E-state index in [1.54, 1.807) is 12.1 Å². The van der Waals surface area contributed by atoms with Crippen molar-refractivity contribution in [2.24, 2.45) is 10.9 Å². The molecule has 2 aromatic rings. The number of furan rings is 1. The van der Waals surface area contributed by atoms with Crippen LogP contribution in [0.5, 0.6) is 0 Å². The summed E-state index contributed by atoms with van der Waals surface area (Å²) in [7, 11) is 0. The molecule has 0 radical (unpaired) electrons. The standard InChI is InChI=1S/C21H30N4O2/c1-4-22-21(23-13-5-7-16(2)3)24-15-17-9-11-18(12-10-17)25-20(26)19-8-6-14-27-19/h6,8-12,14,16H,4-5,7,13,15H2,1-3H3,(H,25,26)(H2,22,23,24). The van der Waals surface area contributed by atoms with Gasteiger partial charge in [0.25, 0.3) is 5.91 Å². The molecule has 0 aliphatic rings. The highest BCUT2D eigenvalue weighted by Gasteiger charge is 2.08. The van der Waals surface area contributed by atoms with Crippen LogP contribution in [-0.2, 0) is 6.54 Å². The molecule has 0 aliphatic heterocycles. The van der Waals surface area contributed by atoms with Gasteiger partial charge in [0.15, 0.2) is 11.7 Å². The number of aliphatic imine (C=N–C) groups is 1. The molecule has 1 amide bonds. The van der Waals surface area contributed by atoms with Crippen molar-refractivity contribution < 1.29 is 9.21 Å². The highest BCUT2D eigenvalue weighted by molar-refractivity contribution is 6.02. The zero-order valence-electron chi connectivity index (χ0n) is 16.4. The molecule has 146 valence electrons. The zero-order chi connectivity index (χ0) is 19.5. The van der Waals surface area contributed by atoms with Crippen molar-refractivity contribution in [3.8, 4) is 0 Å². The SMILES string of the molecule is CCNC(=NCc1ccc(NC(=O)c2ccco2)cc1)NCCCC(C)C. The minimum atomic E-state index is -0.259. The molecule has 0 spiro atoms. The Hall–Kier alpha value is -2.76. The van der Waals surface area contributed by atoms with E-state index in [2.05, 4.69) is 41.7 Å². The maximum absolute atomic E-state index is 12.0. The topological polar surface area (TPSA) is 78.7 Å². The van der Waals surface area contributed by atoms with Gasteiger partial charge in [-0.3, -0.25) is 4.79 Å². The Balaban J connectivity index is 1.85. The molecule has 2 rings (SSSR count). The molecule has 0 fully saturated rings. The number of amides is 1. The molecule has 0 saturated heterocycles. The third-order valence-electron chi connectivity index (χ3n) is 3.97. The van der Waals surface area contributed by atoms with Gasteiger partial charge in [0, 0.05) is 18.8 Å². The van der Waals surface area contributed by atoms with Crippen LogP contribution in [-0.4, -0.2) is 25.0 Å². The average molecular weight is 370 g/mol. The molecule has 0 bridgehead atoms. The first kappa shape index (κ1) is 20.6. The molecule has 0 saturated carbocycles. The summed E-state index contributed by atoms with van der Waals surface area (Å²) in [4.78, 5) is 16.6. The van der Waals surface area contributed by atoms with E-state index >= 15 is 0 Å². The van der Waals surface area contributed by atoms with Crippen LogP contribution in [0.2, 0.25) is 0 Å². The number of hydrogen-bond acceptors (Lipinski definition) is 3. The number of benzene rings is 1. The van der Waals surface area contributed by atoms with E-state index < -0.39 is 0 Å². The molecular formula is C21H30N4O2. The van der Waals surface area contributed by atoms with Gasteiger partial charge in [-0.25, -0.2) is 4.99 Å². The Labute approximate surface area is 161 Å². The predicted molar refractivity (Wildman–Crippen MR) is 110 cm³/mol. The number of carbonyl (C=O) groups is 1. The molecule has 3 N–H and O–H groups in total. The van der Waals surface area contributed by atoms with Crippen LogP contribution in [0.15, 0.2) is 52.1 Å². The summed E-state index contributed by atoms with van der Waals surface area (Å²) in [5.74, 6) is 1.59. The smallest absolute Gasteiger partial charge is 0.291 e. The van der Waals surface area contributed by atoms with E-state index in [0.29, 0.717) is 12.3 Å². The zero-order valence-corrected chi connectivity index (χ0v) is 16.4. The molecule has 6 heteroatoms. The van der Waals surface area contributed by atoms with Gasteiger partial charge in [-0.05, 0) is 55.5 Å². The van der Waals surface area contributed by atoms with Crippen molar-refractivity contribution in [3.63, 3.8) is 0 Å². The number of guanidine groups is 1. The normalized spacial score (nSPS) is 11.5. The Kier molecular flexibility index (Phi) is 8.42. The molecule has 0 unspecified atom stereocenters. The summed E-state index contributed by atoms with van der Waals surface area (Å²) in [6.45, 7) is 8.85. The number of nitrogens with one attached hydrogen (secondary N) is 3. The second kappa shape index (κ2) is 11.1. The Morgan fingerprint density at radius 3 is 2.56 bits per heavy atom. The van der Waals surface area contributed by atoms with Crippen molar-refractivity contribution in [1.82, 2.24) is 10.6 Å². The van der Waals surface area contributed by atoms with Gasteiger partial charge in [0.05, 0.1) is 12.8 Å².